The molecule has 6 nitrogen and oxygen atoms in total. The van der Waals surface area contributed by atoms with Gasteiger partial charge in [0.25, 0.3) is 0 Å². The molecule has 2 unspecified atom stereocenters. The Kier molecular flexibility index (Phi) is 6.77. The molecule has 0 aromatic heterocycles. The number of benzene rings is 2. The zero-order chi connectivity index (χ0) is 23.7. The summed E-state index contributed by atoms with van der Waals surface area (Å²) >= 11 is 6.29. The first kappa shape index (κ1) is 23.3. The summed E-state index contributed by atoms with van der Waals surface area (Å²) < 4.78 is 5.89. The van der Waals surface area contributed by atoms with Crippen LogP contribution in [0.1, 0.15) is 35.6 Å². The number of halogens is 1. The lowest BCUT2D eigenvalue weighted by Crippen LogP contribution is -2.61. The van der Waals surface area contributed by atoms with Crippen LogP contribution in [0.3, 0.4) is 0 Å². The average Bonchev–Trinajstić information content (AvgIpc) is 2.76. The van der Waals surface area contributed by atoms with Gasteiger partial charge in [0, 0.05) is 32.5 Å². The lowest BCUT2D eigenvalue weighted by atomic mass is 9.83. The summed E-state index contributed by atoms with van der Waals surface area (Å²) in [6.07, 6.45) is 1.30. The van der Waals surface area contributed by atoms with Crippen LogP contribution >= 0.6 is 11.6 Å². The van der Waals surface area contributed by atoms with Gasteiger partial charge in [0.15, 0.2) is 0 Å². The number of carboxylic acids is 1. The van der Waals surface area contributed by atoms with Gasteiger partial charge in [-0.2, -0.15) is 0 Å². The molecule has 2 aromatic carbocycles. The smallest absolute Gasteiger partial charge is 0.333 e. The Morgan fingerprint density at radius 3 is 2.52 bits per heavy atom. The van der Waals surface area contributed by atoms with E-state index in [1.54, 1.807) is 4.90 Å². The maximum absolute atomic E-state index is 12.1. The Bertz CT molecular complexity index is 1110. The van der Waals surface area contributed by atoms with E-state index in [1.165, 1.54) is 6.92 Å². The molecule has 0 radical (unpaired) electrons. The van der Waals surface area contributed by atoms with Gasteiger partial charge < -0.3 is 20.1 Å². The van der Waals surface area contributed by atoms with E-state index in [9.17, 15) is 14.7 Å². The van der Waals surface area contributed by atoms with E-state index in [4.69, 9.17) is 16.3 Å². The SMILES string of the molecule is CC(=O)N1CC2CC(c3ccc(CCOc4cc(C)c(C)cc4Cl)cc3)=C(C(=O)O)C(C1)N2. The number of aryl methyl sites for hydroxylation is 2. The minimum atomic E-state index is -0.936. The Labute approximate surface area is 199 Å². The van der Waals surface area contributed by atoms with E-state index in [0.717, 1.165) is 34.2 Å². The minimum Gasteiger partial charge on any atom is -0.492 e. The fraction of sp³-hybridized carbons (Fsp3) is 0.385. The van der Waals surface area contributed by atoms with Crippen LogP contribution in [-0.2, 0) is 16.0 Å². The van der Waals surface area contributed by atoms with Crippen molar-refractivity contribution in [3.63, 3.8) is 0 Å². The number of carbonyl (C=O) groups is 2. The van der Waals surface area contributed by atoms with E-state index in [-0.39, 0.29) is 18.0 Å². The number of nitrogens with one attached hydrogen (secondary N) is 1. The Morgan fingerprint density at radius 2 is 1.85 bits per heavy atom. The number of fused-ring (bicyclic) bond motifs is 2. The number of carboxylic acid groups (broad SMARTS) is 1. The van der Waals surface area contributed by atoms with Crippen molar-refractivity contribution in [2.24, 2.45) is 0 Å². The average molecular weight is 469 g/mol. The van der Waals surface area contributed by atoms with Crippen LogP contribution in [0, 0.1) is 13.8 Å². The van der Waals surface area contributed by atoms with E-state index in [0.29, 0.717) is 42.5 Å². The van der Waals surface area contributed by atoms with Crippen molar-refractivity contribution in [3.8, 4) is 5.75 Å². The molecule has 2 heterocycles. The van der Waals surface area contributed by atoms with Crippen molar-refractivity contribution in [3.05, 3.63) is 69.2 Å². The molecule has 4 rings (SSSR count). The monoisotopic (exact) mass is 468 g/mol. The number of hydrogen-bond donors (Lipinski definition) is 2. The van der Waals surface area contributed by atoms with Crippen LogP contribution in [0.2, 0.25) is 5.02 Å². The normalized spacial score (nSPS) is 20.1. The van der Waals surface area contributed by atoms with E-state index >= 15 is 0 Å². The summed E-state index contributed by atoms with van der Waals surface area (Å²) in [5.74, 6) is -0.268. The predicted octanol–water partition coefficient (Wildman–Crippen LogP) is 4.01. The van der Waals surface area contributed by atoms with Gasteiger partial charge in [-0.25, -0.2) is 4.79 Å². The number of rotatable bonds is 6. The Balaban J connectivity index is 1.47. The number of aliphatic carboxylic acids is 1. The molecule has 2 bridgehead atoms. The summed E-state index contributed by atoms with van der Waals surface area (Å²) in [5, 5.41) is 13.9. The number of carbonyl (C=O) groups excluding carboxylic acids is 1. The summed E-state index contributed by atoms with van der Waals surface area (Å²) in [7, 11) is 0. The summed E-state index contributed by atoms with van der Waals surface area (Å²) in [4.78, 5) is 25.7. The number of piperazine rings is 1. The second-order valence-electron chi connectivity index (χ2n) is 8.90. The van der Waals surface area contributed by atoms with Crippen molar-refractivity contribution >= 4 is 29.1 Å². The van der Waals surface area contributed by atoms with Crippen molar-refractivity contribution in [2.45, 2.75) is 45.7 Å². The van der Waals surface area contributed by atoms with Crippen LogP contribution in [0.25, 0.3) is 5.57 Å². The van der Waals surface area contributed by atoms with Crippen LogP contribution in [0.5, 0.6) is 5.75 Å². The number of ether oxygens (including phenoxy) is 1. The summed E-state index contributed by atoms with van der Waals surface area (Å²) in [5.41, 5.74) is 5.50. The van der Waals surface area contributed by atoms with Gasteiger partial charge >= 0.3 is 5.97 Å². The maximum atomic E-state index is 12.1. The minimum absolute atomic E-state index is 0.0201. The number of amides is 1. The lowest BCUT2D eigenvalue weighted by Gasteiger charge is -2.43. The summed E-state index contributed by atoms with van der Waals surface area (Å²) in [6.45, 7) is 7.06. The van der Waals surface area contributed by atoms with Crippen LogP contribution in [0.15, 0.2) is 42.0 Å². The largest absolute Gasteiger partial charge is 0.492 e. The first-order chi connectivity index (χ1) is 15.7. The van der Waals surface area contributed by atoms with Crippen molar-refractivity contribution < 1.29 is 19.4 Å². The molecule has 0 saturated carbocycles. The molecule has 2 atom stereocenters. The van der Waals surface area contributed by atoms with Crippen molar-refractivity contribution in [2.75, 3.05) is 19.7 Å². The highest BCUT2D eigenvalue weighted by Gasteiger charge is 2.38. The lowest BCUT2D eigenvalue weighted by molar-refractivity contribution is -0.135. The summed E-state index contributed by atoms with van der Waals surface area (Å²) in [6, 6.07) is 11.6. The standard InChI is InChI=1S/C26H29ClN2O4/c1-15-10-22(27)24(11-16(15)2)33-9-8-18-4-6-19(7-5-18)21-12-20-13-29(17(3)30)14-23(28-20)25(21)26(31)32/h4-7,10-11,20,23,28H,8-9,12-14H2,1-3H3,(H,31,32). The van der Waals surface area contributed by atoms with Crippen LogP contribution in [-0.4, -0.2) is 53.7 Å². The molecule has 33 heavy (non-hydrogen) atoms. The van der Waals surface area contributed by atoms with E-state index in [2.05, 4.69) is 5.32 Å². The molecule has 1 amide bonds. The topological polar surface area (TPSA) is 78.9 Å². The Hall–Kier alpha value is -2.83. The number of nitrogens with zero attached hydrogens (tertiary/aromatic N) is 1. The van der Waals surface area contributed by atoms with Gasteiger partial charge in [0.1, 0.15) is 5.75 Å². The van der Waals surface area contributed by atoms with Crippen LogP contribution < -0.4 is 10.1 Å². The number of hydrogen-bond acceptors (Lipinski definition) is 4. The van der Waals surface area contributed by atoms with Crippen molar-refractivity contribution in [1.82, 2.24) is 10.2 Å². The third-order valence-electron chi connectivity index (χ3n) is 6.58. The highest BCUT2D eigenvalue weighted by atomic mass is 35.5. The van der Waals surface area contributed by atoms with Gasteiger partial charge in [-0.05, 0) is 60.2 Å². The molecule has 0 aliphatic carbocycles. The molecule has 2 aromatic rings. The first-order valence-electron chi connectivity index (χ1n) is 11.2. The zero-order valence-electron chi connectivity index (χ0n) is 19.2. The molecule has 7 heteroatoms. The fourth-order valence-corrected chi connectivity index (χ4v) is 4.91. The molecule has 2 aliphatic rings. The van der Waals surface area contributed by atoms with Gasteiger partial charge in [0.05, 0.1) is 23.2 Å². The zero-order valence-corrected chi connectivity index (χ0v) is 19.9. The molecule has 2 N–H and O–H groups in total. The molecule has 0 spiro atoms. The van der Waals surface area contributed by atoms with Gasteiger partial charge in [-0.3, -0.25) is 4.79 Å². The molecule has 1 saturated heterocycles. The van der Waals surface area contributed by atoms with Crippen LogP contribution in [0.4, 0.5) is 0 Å². The predicted molar refractivity (Wildman–Crippen MR) is 129 cm³/mol. The van der Waals surface area contributed by atoms with Gasteiger partial charge in [-0.1, -0.05) is 35.9 Å². The maximum Gasteiger partial charge on any atom is 0.333 e. The molecule has 174 valence electrons. The van der Waals surface area contributed by atoms with Crippen molar-refractivity contribution in [1.29, 1.82) is 0 Å². The highest BCUT2D eigenvalue weighted by molar-refractivity contribution is 6.32. The third-order valence-corrected chi connectivity index (χ3v) is 6.87. The molecule has 1 fully saturated rings. The van der Waals surface area contributed by atoms with Gasteiger partial charge in [-0.15, -0.1) is 0 Å². The second-order valence-corrected chi connectivity index (χ2v) is 9.31. The molecule has 2 aliphatic heterocycles. The van der Waals surface area contributed by atoms with E-state index < -0.39 is 5.97 Å². The molecular formula is C26H29ClN2O4. The third kappa shape index (κ3) is 5.07. The molecular weight excluding hydrogens is 440 g/mol. The van der Waals surface area contributed by atoms with E-state index in [1.807, 2.05) is 50.2 Å². The van der Waals surface area contributed by atoms with Gasteiger partial charge in [0.2, 0.25) is 5.91 Å². The highest BCUT2D eigenvalue weighted by Crippen LogP contribution is 2.33. The quantitative estimate of drug-likeness (QED) is 0.669. The fourth-order valence-electron chi connectivity index (χ4n) is 4.64. The first-order valence-corrected chi connectivity index (χ1v) is 11.6. The second kappa shape index (κ2) is 9.57. The Morgan fingerprint density at radius 1 is 1.15 bits per heavy atom.